The first-order valence-corrected chi connectivity index (χ1v) is 6.07. The maximum Gasteiger partial charge on any atom is 0.264 e. The number of nitrogens with zero attached hydrogens (tertiary/aromatic N) is 2. The Morgan fingerprint density at radius 3 is 2.30 bits per heavy atom. The monoisotopic (exact) mass is 294 g/mol. The molecule has 0 atom stereocenters. The summed E-state index contributed by atoms with van der Waals surface area (Å²) in [5.41, 5.74) is 0.500. The van der Waals surface area contributed by atoms with Crippen LogP contribution in [0.4, 0.5) is 0 Å². The minimum absolute atomic E-state index is 0.0101. The van der Waals surface area contributed by atoms with E-state index in [1.807, 2.05) is 6.07 Å². The van der Waals surface area contributed by atoms with Gasteiger partial charge in [-0.3, -0.25) is 4.79 Å². The van der Waals surface area contributed by atoms with Crippen LogP contribution in [0.25, 0.3) is 6.08 Å². The molecule has 1 aromatic carbocycles. The van der Waals surface area contributed by atoms with Gasteiger partial charge in [0, 0.05) is 20.2 Å². The molecule has 1 rings (SSSR count). The lowest BCUT2D eigenvalue weighted by molar-refractivity contribution is -0.124. The highest BCUT2D eigenvalue weighted by molar-refractivity contribution is 6.32. The summed E-state index contributed by atoms with van der Waals surface area (Å²) >= 11 is 6.11. The summed E-state index contributed by atoms with van der Waals surface area (Å²) in [6, 6.07) is 5.05. The van der Waals surface area contributed by atoms with Crippen molar-refractivity contribution >= 4 is 23.6 Å². The highest BCUT2D eigenvalue weighted by atomic mass is 35.5. The maximum absolute atomic E-state index is 11.8. The fourth-order valence-corrected chi connectivity index (χ4v) is 1.73. The van der Waals surface area contributed by atoms with Crippen LogP contribution in [0, 0.1) is 11.3 Å². The van der Waals surface area contributed by atoms with Gasteiger partial charge in [-0.25, -0.2) is 0 Å². The molecule has 1 aromatic rings. The highest BCUT2D eigenvalue weighted by Gasteiger charge is 2.14. The number of carbonyl (C=O) groups excluding carboxylic acids is 1. The number of hydrogen-bond donors (Lipinski definition) is 0. The topological polar surface area (TPSA) is 62.6 Å². The molecule has 0 aliphatic heterocycles. The van der Waals surface area contributed by atoms with Crippen molar-refractivity contribution in [2.75, 3.05) is 28.3 Å². The van der Waals surface area contributed by atoms with Gasteiger partial charge in [0.1, 0.15) is 11.6 Å². The Morgan fingerprint density at radius 2 is 1.85 bits per heavy atom. The Morgan fingerprint density at radius 1 is 1.30 bits per heavy atom. The van der Waals surface area contributed by atoms with E-state index >= 15 is 0 Å². The number of benzene rings is 1. The fourth-order valence-electron chi connectivity index (χ4n) is 1.52. The Labute approximate surface area is 123 Å². The van der Waals surface area contributed by atoms with Gasteiger partial charge in [-0.1, -0.05) is 11.6 Å². The van der Waals surface area contributed by atoms with E-state index in [1.54, 1.807) is 26.2 Å². The van der Waals surface area contributed by atoms with Crippen LogP contribution in [0.5, 0.6) is 11.5 Å². The summed E-state index contributed by atoms with van der Waals surface area (Å²) in [5.74, 6) is 0.559. The van der Waals surface area contributed by atoms with Crippen LogP contribution in [0.1, 0.15) is 5.56 Å². The Hall–Kier alpha value is -2.19. The van der Waals surface area contributed by atoms with E-state index in [0.29, 0.717) is 22.1 Å². The predicted molar refractivity (Wildman–Crippen MR) is 76.8 cm³/mol. The van der Waals surface area contributed by atoms with E-state index in [2.05, 4.69) is 0 Å². The van der Waals surface area contributed by atoms with Gasteiger partial charge in [0.05, 0.1) is 19.2 Å². The Balaban J connectivity index is 3.33. The molecule has 0 aliphatic rings. The number of ether oxygens (including phenoxy) is 2. The van der Waals surface area contributed by atoms with E-state index in [0.717, 1.165) is 0 Å². The number of hydrogen-bond acceptors (Lipinski definition) is 4. The lowest BCUT2D eigenvalue weighted by Gasteiger charge is -2.11. The zero-order chi connectivity index (χ0) is 15.3. The molecule has 0 heterocycles. The number of nitriles is 1. The molecule has 0 unspecified atom stereocenters. The molecule has 106 valence electrons. The highest BCUT2D eigenvalue weighted by Crippen LogP contribution is 2.34. The zero-order valence-electron chi connectivity index (χ0n) is 11.7. The number of halogens is 1. The summed E-state index contributed by atoms with van der Waals surface area (Å²) in [6.07, 6.45) is 1.42. The van der Waals surface area contributed by atoms with Crippen molar-refractivity contribution in [3.63, 3.8) is 0 Å². The van der Waals surface area contributed by atoms with Gasteiger partial charge in [0.25, 0.3) is 5.91 Å². The number of likely N-dealkylation sites (N-methyl/N-ethyl adjacent to an activating group) is 1. The lowest BCUT2D eigenvalue weighted by Crippen LogP contribution is -2.22. The SMILES string of the molecule is COc1cc(Cl)c(/C=C(/C#N)C(=O)N(C)C)cc1OC. The van der Waals surface area contributed by atoms with Crippen molar-refractivity contribution in [1.82, 2.24) is 4.90 Å². The first-order valence-electron chi connectivity index (χ1n) is 5.69. The predicted octanol–water partition coefficient (Wildman–Crippen LogP) is 2.35. The number of amides is 1. The van der Waals surface area contributed by atoms with Crippen LogP contribution in [0.2, 0.25) is 5.02 Å². The minimum atomic E-state index is -0.390. The summed E-state index contributed by atoms with van der Waals surface area (Å²) < 4.78 is 10.3. The first kappa shape index (κ1) is 15.9. The van der Waals surface area contributed by atoms with Crippen molar-refractivity contribution in [1.29, 1.82) is 5.26 Å². The third-order valence-electron chi connectivity index (χ3n) is 2.56. The average Bonchev–Trinajstić information content (AvgIpc) is 2.44. The largest absolute Gasteiger partial charge is 0.493 e. The van der Waals surface area contributed by atoms with Crippen LogP contribution in [0.3, 0.4) is 0 Å². The number of rotatable bonds is 4. The molecule has 0 bridgehead atoms. The first-order chi connectivity index (χ1) is 9.44. The van der Waals surface area contributed by atoms with Gasteiger partial charge < -0.3 is 14.4 Å². The van der Waals surface area contributed by atoms with E-state index < -0.39 is 5.91 Å². The minimum Gasteiger partial charge on any atom is -0.493 e. The van der Waals surface area contributed by atoms with Crippen molar-refractivity contribution < 1.29 is 14.3 Å². The molecule has 0 fully saturated rings. The molecule has 0 aliphatic carbocycles. The van der Waals surface area contributed by atoms with Crippen LogP contribution in [0.15, 0.2) is 17.7 Å². The van der Waals surface area contributed by atoms with Crippen molar-refractivity contribution in [3.8, 4) is 17.6 Å². The summed E-state index contributed by atoms with van der Waals surface area (Å²) in [5, 5.41) is 9.42. The molecule has 0 aromatic heterocycles. The Kier molecular flexibility index (Phi) is 5.42. The summed E-state index contributed by atoms with van der Waals surface area (Å²) in [4.78, 5) is 13.1. The van der Waals surface area contributed by atoms with Crippen LogP contribution in [-0.4, -0.2) is 39.1 Å². The smallest absolute Gasteiger partial charge is 0.264 e. The second kappa shape index (κ2) is 6.83. The zero-order valence-corrected chi connectivity index (χ0v) is 12.5. The molecular weight excluding hydrogens is 280 g/mol. The van der Waals surface area contributed by atoms with Crippen LogP contribution < -0.4 is 9.47 Å². The van der Waals surface area contributed by atoms with Crippen LogP contribution >= 0.6 is 11.6 Å². The quantitative estimate of drug-likeness (QED) is 0.632. The molecule has 5 nitrogen and oxygen atoms in total. The van der Waals surface area contributed by atoms with Crippen molar-refractivity contribution in [2.45, 2.75) is 0 Å². The van der Waals surface area contributed by atoms with E-state index in [9.17, 15) is 4.79 Å². The van der Waals surface area contributed by atoms with Gasteiger partial charge in [-0.15, -0.1) is 0 Å². The van der Waals surface area contributed by atoms with Crippen molar-refractivity contribution in [2.24, 2.45) is 0 Å². The fraction of sp³-hybridized carbons (Fsp3) is 0.286. The third-order valence-corrected chi connectivity index (χ3v) is 2.89. The average molecular weight is 295 g/mol. The van der Waals surface area contributed by atoms with E-state index in [1.165, 1.54) is 25.2 Å². The van der Waals surface area contributed by atoms with Gasteiger partial charge in [0.2, 0.25) is 0 Å². The second-order valence-electron chi connectivity index (χ2n) is 4.10. The van der Waals surface area contributed by atoms with E-state index in [4.69, 9.17) is 26.3 Å². The molecule has 1 amide bonds. The molecule has 0 saturated heterocycles. The maximum atomic E-state index is 11.8. The molecule has 20 heavy (non-hydrogen) atoms. The molecular formula is C14H15ClN2O3. The summed E-state index contributed by atoms with van der Waals surface area (Å²) in [6.45, 7) is 0. The number of carbonyl (C=O) groups is 1. The van der Waals surface area contributed by atoms with Gasteiger partial charge in [0.15, 0.2) is 11.5 Å². The molecule has 0 saturated carbocycles. The van der Waals surface area contributed by atoms with E-state index in [-0.39, 0.29) is 5.57 Å². The van der Waals surface area contributed by atoms with Gasteiger partial charge in [-0.2, -0.15) is 5.26 Å². The molecule has 6 heteroatoms. The van der Waals surface area contributed by atoms with Gasteiger partial charge in [-0.05, 0) is 17.7 Å². The number of methoxy groups -OCH3 is 2. The molecule has 0 N–H and O–H groups in total. The van der Waals surface area contributed by atoms with Crippen molar-refractivity contribution in [3.05, 3.63) is 28.3 Å². The Bertz CT molecular complexity index is 589. The van der Waals surface area contributed by atoms with Crippen LogP contribution in [-0.2, 0) is 4.79 Å². The standard InChI is InChI=1S/C14H15ClN2O3/c1-17(2)14(18)10(8-16)5-9-6-12(19-3)13(20-4)7-11(9)15/h5-7H,1-4H3/b10-5-. The summed E-state index contributed by atoms with van der Waals surface area (Å²) in [7, 11) is 6.14. The van der Waals surface area contributed by atoms with Gasteiger partial charge >= 0.3 is 0 Å². The second-order valence-corrected chi connectivity index (χ2v) is 4.51. The lowest BCUT2D eigenvalue weighted by atomic mass is 10.1. The molecule has 0 radical (unpaired) electrons. The molecule has 0 spiro atoms. The third kappa shape index (κ3) is 3.43. The normalized spacial score (nSPS) is 10.7.